The molecule has 0 aromatic heterocycles. The monoisotopic (exact) mass is 379 g/mol. The van der Waals surface area contributed by atoms with Crippen molar-refractivity contribution in [2.75, 3.05) is 38.0 Å². The molecule has 1 amide bonds. The summed E-state index contributed by atoms with van der Waals surface area (Å²) < 4.78 is 26.9. The molecule has 3 rings (SSSR count). The fourth-order valence-electron chi connectivity index (χ4n) is 4.14. The lowest BCUT2D eigenvalue weighted by molar-refractivity contribution is -0.117. The molecule has 0 saturated carbocycles. The third-order valence-corrected chi connectivity index (χ3v) is 7.03. The van der Waals surface area contributed by atoms with Crippen LogP contribution in [0.25, 0.3) is 0 Å². The summed E-state index contributed by atoms with van der Waals surface area (Å²) in [6, 6.07) is 6.58. The lowest BCUT2D eigenvalue weighted by atomic mass is 9.92. The van der Waals surface area contributed by atoms with Gasteiger partial charge in [0.1, 0.15) is 0 Å². The molecule has 6 nitrogen and oxygen atoms in total. The number of piperidine rings is 1. The number of likely N-dealkylation sites (tertiary alicyclic amines) is 1. The second-order valence-corrected chi connectivity index (χ2v) is 9.77. The third kappa shape index (κ3) is 4.64. The molecule has 144 valence electrons. The van der Waals surface area contributed by atoms with Crippen molar-refractivity contribution in [2.24, 2.45) is 11.8 Å². The van der Waals surface area contributed by atoms with E-state index in [1.54, 1.807) is 24.3 Å². The molecule has 7 heteroatoms. The van der Waals surface area contributed by atoms with Crippen LogP contribution in [0, 0.1) is 11.8 Å². The number of carbonyl (C=O) groups excluding carboxylic acids is 1. The van der Waals surface area contributed by atoms with Crippen LogP contribution in [0.3, 0.4) is 0 Å². The Hall–Kier alpha value is -1.44. The van der Waals surface area contributed by atoms with Gasteiger partial charge in [0.2, 0.25) is 15.9 Å². The molecule has 0 aliphatic carbocycles. The number of nitrogens with zero attached hydrogens (tertiary/aromatic N) is 2. The summed E-state index contributed by atoms with van der Waals surface area (Å²) >= 11 is 0. The Kier molecular flexibility index (Phi) is 5.99. The van der Waals surface area contributed by atoms with Gasteiger partial charge < -0.3 is 5.32 Å². The highest BCUT2D eigenvalue weighted by atomic mass is 32.2. The minimum Gasteiger partial charge on any atom is -0.325 e. The van der Waals surface area contributed by atoms with Gasteiger partial charge in [-0.3, -0.25) is 9.69 Å². The normalized spacial score (nSPS) is 25.3. The highest BCUT2D eigenvalue weighted by molar-refractivity contribution is 7.89. The van der Waals surface area contributed by atoms with Crippen molar-refractivity contribution in [3.05, 3.63) is 24.3 Å². The van der Waals surface area contributed by atoms with Gasteiger partial charge in [-0.2, -0.15) is 4.31 Å². The standard InChI is InChI=1S/C19H29N3O3S/c1-15-10-16(2)13-21(12-15)14-19(23)20-17-6-5-7-18(11-17)26(24,25)22-8-3-4-9-22/h5-7,11,15-16H,3-4,8-10,12-14H2,1-2H3,(H,20,23)/t15-,16-/m0/s1. The van der Waals surface area contributed by atoms with E-state index in [1.807, 2.05) is 0 Å². The number of amides is 1. The topological polar surface area (TPSA) is 69.7 Å². The van der Waals surface area contributed by atoms with Crippen LogP contribution in [0.2, 0.25) is 0 Å². The molecule has 2 fully saturated rings. The predicted molar refractivity (Wildman–Crippen MR) is 102 cm³/mol. The van der Waals surface area contributed by atoms with E-state index in [9.17, 15) is 13.2 Å². The van der Waals surface area contributed by atoms with E-state index in [0.717, 1.165) is 25.9 Å². The first-order chi connectivity index (χ1) is 12.3. The van der Waals surface area contributed by atoms with E-state index in [-0.39, 0.29) is 10.8 Å². The van der Waals surface area contributed by atoms with Gasteiger partial charge in [-0.25, -0.2) is 8.42 Å². The number of benzene rings is 1. The van der Waals surface area contributed by atoms with Gasteiger partial charge in [-0.1, -0.05) is 19.9 Å². The summed E-state index contributed by atoms with van der Waals surface area (Å²) in [6.07, 6.45) is 3.01. The average molecular weight is 380 g/mol. The Balaban J connectivity index is 1.64. The van der Waals surface area contributed by atoms with Gasteiger partial charge in [0.15, 0.2) is 0 Å². The molecule has 2 aliphatic rings. The third-order valence-electron chi connectivity index (χ3n) is 5.13. The maximum Gasteiger partial charge on any atom is 0.243 e. The zero-order valence-corrected chi connectivity index (χ0v) is 16.5. The molecular weight excluding hydrogens is 350 g/mol. The first-order valence-electron chi connectivity index (χ1n) is 9.47. The molecule has 1 N–H and O–H groups in total. The summed E-state index contributed by atoms with van der Waals surface area (Å²) in [5.74, 6) is 1.10. The van der Waals surface area contributed by atoms with E-state index in [1.165, 1.54) is 10.7 Å². The van der Waals surface area contributed by atoms with E-state index < -0.39 is 10.0 Å². The smallest absolute Gasteiger partial charge is 0.243 e. The van der Waals surface area contributed by atoms with Gasteiger partial charge >= 0.3 is 0 Å². The molecule has 2 atom stereocenters. The van der Waals surface area contributed by atoms with Crippen molar-refractivity contribution < 1.29 is 13.2 Å². The summed E-state index contributed by atoms with van der Waals surface area (Å²) in [7, 11) is -3.47. The first-order valence-corrected chi connectivity index (χ1v) is 10.9. The van der Waals surface area contributed by atoms with Crippen LogP contribution in [0.15, 0.2) is 29.2 Å². The quantitative estimate of drug-likeness (QED) is 0.853. The lowest BCUT2D eigenvalue weighted by Gasteiger charge is -2.34. The molecule has 0 unspecified atom stereocenters. The van der Waals surface area contributed by atoms with Crippen LogP contribution in [0.5, 0.6) is 0 Å². The molecule has 0 radical (unpaired) electrons. The maximum absolute atomic E-state index is 12.7. The van der Waals surface area contributed by atoms with Crippen LogP contribution in [-0.4, -0.2) is 56.3 Å². The van der Waals surface area contributed by atoms with E-state index in [2.05, 4.69) is 24.1 Å². The van der Waals surface area contributed by atoms with Gasteiger partial charge in [0.05, 0.1) is 11.4 Å². The average Bonchev–Trinajstić information content (AvgIpc) is 3.09. The zero-order valence-electron chi connectivity index (χ0n) is 15.6. The van der Waals surface area contributed by atoms with Crippen molar-refractivity contribution in [3.8, 4) is 0 Å². The van der Waals surface area contributed by atoms with Crippen molar-refractivity contribution in [2.45, 2.75) is 38.0 Å². The van der Waals surface area contributed by atoms with Crippen molar-refractivity contribution in [1.82, 2.24) is 9.21 Å². The second-order valence-electron chi connectivity index (χ2n) is 7.83. The lowest BCUT2D eigenvalue weighted by Crippen LogP contribution is -2.42. The van der Waals surface area contributed by atoms with Crippen LogP contribution < -0.4 is 5.32 Å². The van der Waals surface area contributed by atoms with Crippen molar-refractivity contribution in [3.63, 3.8) is 0 Å². The SMILES string of the molecule is C[C@H]1C[C@H](C)CN(CC(=O)Nc2cccc(S(=O)(=O)N3CCCC3)c2)C1. The van der Waals surface area contributed by atoms with Crippen LogP contribution in [0.4, 0.5) is 5.69 Å². The van der Waals surface area contributed by atoms with Gasteiger partial charge in [0.25, 0.3) is 0 Å². The fraction of sp³-hybridized carbons (Fsp3) is 0.632. The minimum atomic E-state index is -3.47. The van der Waals surface area contributed by atoms with E-state index in [0.29, 0.717) is 37.2 Å². The molecule has 2 saturated heterocycles. The van der Waals surface area contributed by atoms with Crippen molar-refractivity contribution >= 4 is 21.6 Å². The van der Waals surface area contributed by atoms with Crippen LogP contribution in [-0.2, 0) is 14.8 Å². The molecule has 1 aromatic rings. The van der Waals surface area contributed by atoms with Crippen LogP contribution in [0.1, 0.15) is 33.1 Å². The number of rotatable bonds is 5. The molecule has 2 heterocycles. The highest BCUT2D eigenvalue weighted by Crippen LogP contribution is 2.24. The van der Waals surface area contributed by atoms with Gasteiger partial charge in [-0.05, 0) is 49.3 Å². The molecular formula is C19H29N3O3S. The molecule has 0 spiro atoms. The molecule has 1 aromatic carbocycles. The van der Waals surface area contributed by atoms with Gasteiger partial charge in [-0.15, -0.1) is 0 Å². The number of nitrogens with one attached hydrogen (secondary N) is 1. The summed E-state index contributed by atoms with van der Waals surface area (Å²) in [5, 5.41) is 2.86. The summed E-state index contributed by atoms with van der Waals surface area (Å²) in [6.45, 7) is 7.79. The molecule has 2 aliphatic heterocycles. The number of hydrogen-bond donors (Lipinski definition) is 1. The first kappa shape index (κ1) is 19.3. The molecule has 0 bridgehead atoms. The number of anilines is 1. The number of carbonyl (C=O) groups is 1. The number of hydrogen-bond acceptors (Lipinski definition) is 4. The number of sulfonamides is 1. The highest BCUT2D eigenvalue weighted by Gasteiger charge is 2.27. The minimum absolute atomic E-state index is 0.0954. The zero-order chi connectivity index (χ0) is 18.7. The molecule has 26 heavy (non-hydrogen) atoms. The van der Waals surface area contributed by atoms with Crippen molar-refractivity contribution in [1.29, 1.82) is 0 Å². The summed E-state index contributed by atoms with van der Waals surface area (Å²) in [5.41, 5.74) is 0.536. The Labute approximate surface area is 156 Å². The fourth-order valence-corrected chi connectivity index (χ4v) is 5.70. The Morgan fingerprint density at radius 2 is 1.81 bits per heavy atom. The van der Waals surface area contributed by atoms with E-state index in [4.69, 9.17) is 0 Å². The Morgan fingerprint density at radius 1 is 1.15 bits per heavy atom. The second kappa shape index (κ2) is 8.06. The van der Waals surface area contributed by atoms with Gasteiger partial charge in [0, 0.05) is 31.9 Å². The van der Waals surface area contributed by atoms with Crippen LogP contribution >= 0.6 is 0 Å². The Bertz CT molecular complexity index is 734. The Morgan fingerprint density at radius 3 is 2.46 bits per heavy atom. The largest absolute Gasteiger partial charge is 0.325 e. The predicted octanol–water partition coefficient (Wildman–Crippen LogP) is 2.39. The summed E-state index contributed by atoms with van der Waals surface area (Å²) in [4.78, 5) is 14.8. The maximum atomic E-state index is 12.7. The van der Waals surface area contributed by atoms with E-state index >= 15 is 0 Å².